The summed E-state index contributed by atoms with van der Waals surface area (Å²) in [5, 5.41) is 0. The molecular weight excluding hydrogens is 429 g/mol. The molecule has 0 aliphatic carbocycles. The predicted octanol–water partition coefficient (Wildman–Crippen LogP) is 4.20. The van der Waals surface area contributed by atoms with E-state index >= 15 is 0 Å². The Balaban J connectivity index is 1.55. The number of ether oxygens (including phenoxy) is 1. The molecule has 1 atom stereocenters. The van der Waals surface area contributed by atoms with Gasteiger partial charge in [-0.05, 0) is 65.1 Å². The molecule has 2 aromatic carbocycles. The van der Waals surface area contributed by atoms with Crippen molar-refractivity contribution in [3.8, 4) is 0 Å². The summed E-state index contributed by atoms with van der Waals surface area (Å²) in [4.78, 5) is 25.8. The summed E-state index contributed by atoms with van der Waals surface area (Å²) in [5.41, 5.74) is 2.31. The number of carbonyl (C=O) groups excluding carboxylic acids is 2. The Morgan fingerprint density at radius 3 is 2.52 bits per heavy atom. The molecule has 2 aromatic rings. The summed E-state index contributed by atoms with van der Waals surface area (Å²) in [6.07, 6.45) is 2.03. The molecule has 3 rings (SSSR count). The third kappa shape index (κ3) is 4.81. The SMILES string of the molecule is O=C(CCCc1ccc(I)cc1)N1C(=O)OC[C@@H]1Cc1ccccc1. The maximum atomic E-state index is 12.5. The van der Waals surface area contributed by atoms with Gasteiger partial charge in [-0.1, -0.05) is 42.5 Å². The lowest BCUT2D eigenvalue weighted by molar-refractivity contribution is -0.129. The van der Waals surface area contributed by atoms with Gasteiger partial charge >= 0.3 is 6.09 Å². The fourth-order valence-corrected chi connectivity index (χ4v) is 3.38. The summed E-state index contributed by atoms with van der Waals surface area (Å²) < 4.78 is 6.31. The van der Waals surface area contributed by atoms with E-state index in [2.05, 4.69) is 46.9 Å². The molecule has 5 heteroatoms. The van der Waals surface area contributed by atoms with E-state index in [0.29, 0.717) is 12.8 Å². The second-order valence-electron chi connectivity index (χ2n) is 6.16. The second kappa shape index (κ2) is 8.47. The fourth-order valence-electron chi connectivity index (χ4n) is 3.02. The highest BCUT2D eigenvalue weighted by atomic mass is 127. The van der Waals surface area contributed by atoms with Gasteiger partial charge in [0.1, 0.15) is 6.61 Å². The number of nitrogens with zero attached hydrogens (tertiary/aromatic N) is 1. The molecule has 0 bridgehead atoms. The Morgan fingerprint density at radius 1 is 1.08 bits per heavy atom. The Kier molecular flexibility index (Phi) is 6.07. The van der Waals surface area contributed by atoms with Crippen molar-refractivity contribution in [3.05, 3.63) is 69.3 Å². The first-order valence-electron chi connectivity index (χ1n) is 8.40. The summed E-state index contributed by atoms with van der Waals surface area (Å²) >= 11 is 2.27. The van der Waals surface area contributed by atoms with Crippen molar-refractivity contribution >= 4 is 34.6 Å². The molecule has 1 aliphatic heterocycles. The third-order valence-corrected chi connectivity index (χ3v) is 5.03. The van der Waals surface area contributed by atoms with E-state index in [1.807, 2.05) is 30.3 Å². The highest BCUT2D eigenvalue weighted by Crippen LogP contribution is 2.19. The third-order valence-electron chi connectivity index (χ3n) is 4.31. The van der Waals surface area contributed by atoms with Crippen molar-refractivity contribution in [1.29, 1.82) is 0 Å². The minimum atomic E-state index is -0.514. The van der Waals surface area contributed by atoms with Crippen LogP contribution in [0.2, 0.25) is 0 Å². The van der Waals surface area contributed by atoms with Crippen LogP contribution in [-0.2, 0) is 22.4 Å². The molecule has 0 spiro atoms. The first kappa shape index (κ1) is 17.9. The van der Waals surface area contributed by atoms with Gasteiger partial charge in [-0.3, -0.25) is 4.79 Å². The van der Waals surface area contributed by atoms with Crippen molar-refractivity contribution in [2.45, 2.75) is 31.7 Å². The molecule has 2 amide bonds. The molecule has 0 aromatic heterocycles. The van der Waals surface area contributed by atoms with Gasteiger partial charge in [-0.25, -0.2) is 9.69 Å². The number of rotatable bonds is 6. The number of benzene rings is 2. The normalized spacial score (nSPS) is 16.8. The molecule has 1 fully saturated rings. The molecule has 4 nitrogen and oxygen atoms in total. The van der Waals surface area contributed by atoms with Crippen molar-refractivity contribution in [2.24, 2.45) is 0 Å². The van der Waals surface area contributed by atoms with Crippen LogP contribution in [0.5, 0.6) is 0 Å². The van der Waals surface area contributed by atoms with Crippen LogP contribution in [0, 0.1) is 3.57 Å². The first-order valence-corrected chi connectivity index (χ1v) is 9.48. The topological polar surface area (TPSA) is 46.6 Å². The number of hydrogen-bond donors (Lipinski definition) is 0. The van der Waals surface area contributed by atoms with Crippen LogP contribution >= 0.6 is 22.6 Å². The van der Waals surface area contributed by atoms with Crippen LogP contribution in [-0.4, -0.2) is 29.5 Å². The van der Waals surface area contributed by atoms with Crippen LogP contribution < -0.4 is 0 Å². The van der Waals surface area contributed by atoms with Gasteiger partial charge in [0.25, 0.3) is 0 Å². The average Bonchev–Trinajstić information content (AvgIpc) is 2.98. The van der Waals surface area contributed by atoms with Gasteiger partial charge in [0, 0.05) is 9.99 Å². The van der Waals surface area contributed by atoms with Gasteiger partial charge in [0.2, 0.25) is 5.91 Å². The summed E-state index contributed by atoms with van der Waals surface area (Å²) in [6.45, 7) is 0.274. The fraction of sp³-hybridized carbons (Fsp3) is 0.300. The molecule has 1 aliphatic rings. The maximum absolute atomic E-state index is 12.5. The Labute approximate surface area is 161 Å². The van der Waals surface area contributed by atoms with Crippen LogP contribution in [0.4, 0.5) is 4.79 Å². The monoisotopic (exact) mass is 449 g/mol. The summed E-state index contributed by atoms with van der Waals surface area (Å²) in [6, 6.07) is 17.9. The largest absolute Gasteiger partial charge is 0.447 e. The van der Waals surface area contributed by atoms with Crippen LogP contribution in [0.1, 0.15) is 24.0 Å². The number of imide groups is 1. The number of halogens is 1. The zero-order chi connectivity index (χ0) is 17.6. The number of aryl methyl sites for hydroxylation is 1. The van der Waals surface area contributed by atoms with Crippen molar-refractivity contribution < 1.29 is 14.3 Å². The molecule has 130 valence electrons. The van der Waals surface area contributed by atoms with Crippen LogP contribution in [0.3, 0.4) is 0 Å². The van der Waals surface area contributed by atoms with E-state index < -0.39 is 6.09 Å². The first-order chi connectivity index (χ1) is 12.1. The molecule has 0 saturated carbocycles. The van der Waals surface area contributed by atoms with E-state index in [9.17, 15) is 9.59 Å². The van der Waals surface area contributed by atoms with Gasteiger partial charge in [-0.2, -0.15) is 0 Å². The van der Waals surface area contributed by atoms with E-state index in [-0.39, 0.29) is 18.6 Å². The van der Waals surface area contributed by atoms with Crippen LogP contribution in [0.15, 0.2) is 54.6 Å². The van der Waals surface area contributed by atoms with Crippen molar-refractivity contribution in [2.75, 3.05) is 6.61 Å². The van der Waals surface area contributed by atoms with Crippen molar-refractivity contribution in [1.82, 2.24) is 4.90 Å². The molecule has 1 heterocycles. The van der Waals surface area contributed by atoms with Gasteiger partial charge in [-0.15, -0.1) is 0 Å². The van der Waals surface area contributed by atoms with Gasteiger partial charge in [0.15, 0.2) is 0 Å². The Morgan fingerprint density at radius 2 is 1.80 bits per heavy atom. The highest BCUT2D eigenvalue weighted by molar-refractivity contribution is 14.1. The van der Waals surface area contributed by atoms with E-state index in [1.54, 1.807) is 0 Å². The number of carbonyl (C=O) groups is 2. The molecule has 0 unspecified atom stereocenters. The van der Waals surface area contributed by atoms with Crippen LogP contribution in [0.25, 0.3) is 0 Å². The lowest BCUT2D eigenvalue weighted by Crippen LogP contribution is -2.40. The minimum absolute atomic E-state index is 0.144. The Bertz CT molecular complexity index is 730. The molecule has 25 heavy (non-hydrogen) atoms. The Hall–Kier alpha value is -1.89. The van der Waals surface area contributed by atoms with E-state index in [4.69, 9.17) is 4.74 Å². The second-order valence-corrected chi connectivity index (χ2v) is 7.41. The number of cyclic esters (lactones) is 1. The number of amides is 2. The highest BCUT2D eigenvalue weighted by Gasteiger charge is 2.37. The minimum Gasteiger partial charge on any atom is -0.447 e. The van der Waals surface area contributed by atoms with Crippen molar-refractivity contribution in [3.63, 3.8) is 0 Å². The lowest BCUT2D eigenvalue weighted by Gasteiger charge is -2.19. The predicted molar refractivity (Wildman–Crippen MR) is 104 cm³/mol. The maximum Gasteiger partial charge on any atom is 0.416 e. The summed E-state index contributed by atoms with van der Waals surface area (Å²) in [7, 11) is 0. The number of hydrogen-bond acceptors (Lipinski definition) is 3. The standard InChI is InChI=1S/C20H20INO3/c21-17-11-9-15(10-12-17)7-4-8-19(23)22-18(14-25-20(22)24)13-16-5-2-1-3-6-16/h1-3,5-6,9-12,18H,4,7-8,13-14H2/t18-/m0/s1. The van der Waals surface area contributed by atoms with E-state index in [0.717, 1.165) is 18.4 Å². The smallest absolute Gasteiger partial charge is 0.416 e. The average molecular weight is 449 g/mol. The molecule has 0 radical (unpaired) electrons. The van der Waals surface area contributed by atoms with Gasteiger partial charge in [0.05, 0.1) is 6.04 Å². The zero-order valence-corrected chi connectivity index (χ0v) is 16.0. The molecule has 0 N–H and O–H groups in total. The lowest BCUT2D eigenvalue weighted by atomic mass is 10.0. The zero-order valence-electron chi connectivity index (χ0n) is 13.9. The molecular formula is C20H20INO3. The van der Waals surface area contributed by atoms with E-state index in [1.165, 1.54) is 14.0 Å². The van der Waals surface area contributed by atoms with Gasteiger partial charge < -0.3 is 4.74 Å². The quantitative estimate of drug-likeness (QED) is 0.622. The molecule has 1 saturated heterocycles. The summed E-state index contributed by atoms with van der Waals surface area (Å²) in [5.74, 6) is -0.144.